The summed E-state index contributed by atoms with van der Waals surface area (Å²) in [5, 5.41) is 3.94. The van der Waals surface area contributed by atoms with Gasteiger partial charge in [-0.15, -0.1) is 0 Å². The maximum absolute atomic E-state index is 12.0. The summed E-state index contributed by atoms with van der Waals surface area (Å²) in [4.78, 5) is 12.0. The average molecular weight is 298 g/mol. The van der Waals surface area contributed by atoms with Crippen molar-refractivity contribution in [2.24, 2.45) is 5.10 Å². The molecule has 2 aromatic carbocycles. The number of rotatable bonds is 4. The normalized spacial score (nSPS) is 12.4. The quantitative estimate of drug-likeness (QED) is 0.694. The highest BCUT2D eigenvalue weighted by molar-refractivity contribution is 5.95. The number of amides is 1. The van der Waals surface area contributed by atoms with Gasteiger partial charge >= 0.3 is 0 Å². The molecule has 1 aliphatic rings. The predicted molar refractivity (Wildman–Crippen MR) is 80.6 cm³/mol. The molecular weight excluding hydrogens is 284 g/mol. The maximum atomic E-state index is 12.0. The molecule has 0 fully saturated rings. The van der Waals surface area contributed by atoms with E-state index in [1.165, 1.54) is 6.21 Å². The van der Waals surface area contributed by atoms with Crippen LogP contribution in [0.15, 0.2) is 47.6 Å². The summed E-state index contributed by atoms with van der Waals surface area (Å²) in [6.07, 6.45) is 1.53. The van der Waals surface area contributed by atoms with Crippen molar-refractivity contribution in [1.29, 1.82) is 0 Å². The first-order valence-electron chi connectivity index (χ1n) is 6.64. The number of nitrogens with zero attached hydrogens (tertiary/aromatic N) is 1. The summed E-state index contributed by atoms with van der Waals surface area (Å²) >= 11 is 0. The molecule has 22 heavy (non-hydrogen) atoms. The molecule has 2 aromatic rings. The zero-order valence-corrected chi connectivity index (χ0v) is 11.9. The first-order valence-corrected chi connectivity index (χ1v) is 6.64. The van der Waals surface area contributed by atoms with Crippen LogP contribution in [0.25, 0.3) is 0 Å². The number of para-hydroxylation sites is 1. The minimum Gasteiger partial charge on any atom is -0.496 e. The Morgan fingerprint density at radius 2 is 2.05 bits per heavy atom. The number of fused-ring (bicyclic) bond motifs is 1. The van der Waals surface area contributed by atoms with Crippen molar-refractivity contribution >= 4 is 12.1 Å². The second-order valence-corrected chi connectivity index (χ2v) is 4.51. The fourth-order valence-corrected chi connectivity index (χ4v) is 2.04. The van der Waals surface area contributed by atoms with Gasteiger partial charge in [0.05, 0.1) is 13.3 Å². The summed E-state index contributed by atoms with van der Waals surface area (Å²) in [6.45, 7) is 0.173. The number of methoxy groups -OCH3 is 1. The minimum atomic E-state index is -0.329. The molecule has 1 aliphatic heterocycles. The van der Waals surface area contributed by atoms with E-state index in [2.05, 4.69) is 10.5 Å². The first kappa shape index (κ1) is 13.9. The van der Waals surface area contributed by atoms with Gasteiger partial charge in [0, 0.05) is 11.1 Å². The van der Waals surface area contributed by atoms with Crippen LogP contribution in [0.2, 0.25) is 0 Å². The van der Waals surface area contributed by atoms with E-state index in [-0.39, 0.29) is 12.7 Å². The predicted octanol–water partition coefficient (Wildman–Crippen LogP) is 2.19. The summed E-state index contributed by atoms with van der Waals surface area (Å²) in [6, 6.07) is 12.4. The Kier molecular flexibility index (Phi) is 3.91. The van der Waals surface area contributed by atoms with E-state index in [1.54, 1.807) is 25.3 Å². The van der Waals surface area contributed by atoms with Crippen molar-refractivity contribution in [3.63, 3.8) is 0 Å². The summed E-state index contributed by atoms with van der Waals surface area (Å²) < 4.78 is 15.6. The standard InChI is InChI=1S/C16H14N2O4/c1-20-13-5-3-2-4-12(13)9-17-18-16(19)11-6-7-14-15(8-11)22-10-21-14/h2-9H,10H2,1H3,(H,18,19)/b17-9-. The first-order chi connectivity index (χ1) is 10.8. The molecule has 0 spiro atoms. The Hall–Kier alpha value is -3.02. The smallest absolute Gasteiger partial charge is 0.271 e. The molecule has 0 saturated carbocycles. The van der Waals surface area contributed by atoms with Gasteiger partial charge in [-0.25, -0.2) is 5.43 Å². The van der Waals surface area contributed by atoms with Gasteiger partial charge in [0.2, 0.25) is 6.79 Å². The van der Waals surface area contributed by atoms with E-state index in [0.717, 1.165) is 5.56 Å². The third-order valence-corrected chi connectivity index (χ3v) is 3.14. The number of nitrogens with one attached hydrogen (secondary N) is 1. The fraction of sp³-hybridized carbons (Fsp3) is 0.125. The topological polar surface area (TPSA) is 69.2 Å². The molecule has 6 nitrogen and oxygen atoms in total. The highest BCUT2D eigenvalue weighted by atomic mass is 16.7. The number of carbonyl (C=O) groups is 1. The van der Waals surface area contributed by atoms with Crippen LogP contribution >= 0.6 is 0 Å². The number of hydrogen-bond acceptors (Lipinski definition) is 5. The van der Waals surface area contributed by atoms with E-state index in [4.69, 9.17) is 14.2 Å². The zero-order chi connectivity index (χ0) is 15.4. The molecule has 1 heterocycles. The highest BCUT2D eigenvalue weighted by Gasteiger charge is 2.15. The number of hydrogen-bond donors (Lipinski definition) is 1. The highest BCUT2D eigenvalue weighted by Crippen LogP contribution is 2.32. The van der Waals surface area contributed by atoms with Crippen LogP contribution in [0, 0.1) is 0 Å². The Labute approximate surface area is 127 Å². The third-order valence-electron chi connectivity index (χ3n) is 3.14. The minimum absolute atomic E-state index is 0.173. The van der Waals surface area contributed by atoms with Crippen LogP contribution < -0.4 is 19.6 Å². The molecule has 0 aromatic heterocycles. The summed E-state index contributed by atoms with van der Waals surface area (Å²) in [5.74, 6) is 1.54. The van der Waals surface area contributed by atoms with E-state index >= 15 is 0 Å². The lowest BCUT2D eigenvalue weighted by Gasteiger charge is -2.04. The van der Waals surface area contributed by atoms with Gasteiger partial charge in [-0.3, -0.25) is 4.79 Å². The van der Waals surface area contributed by atoms with Crippen molar-refractivity contribution < 1.29 is 19.0 Å². The molecule has 0 aliphatic carbocycles. The van der Waals surface area contributed by atoms with E-state index in [0.29, 0.717) is 22.8 Å². The van der Waals surface area contributed by atoms with E-state index < -0.39 is 0 Å². The number of hydrazone groups is 1. The molecule has 0 saturated heterocycles. The molecule has 0 unspecified atom stereocenters. The second kappa shape index (κ2) is 6.17. The monoisotopic (exact) mass is 298 g/mol. The van der Waals surface area contributed by atoms with Crippen LogP contribution in [-0.4, -0.2) is 26.0 Å². The molecule has 1 N–H and O–H groups in total. The second-order valence-electron chi connectivity index (χ2n) is 4.51. The van der Waals surface area contributed by atoms with Gasteiger partial charge < -0.3 is 14.2 Å². The lowest BCUT2D eigenvalue weighted by molar-refractivity contribution is 0.0954. The molecule has 3 rings (SSSR count). The van der Waals surface area contributed by atoms with Crippen LogP contribution in [0.5, 0.6) is 17.2 Å². The van der Waals surface area contributed by atoms with Gasteiger partial charge in [0.15, 0.2) is 11.5 Å². The molecule has 1 amide bonds. The molecule has 112 valence electrons. The van der Waals surface area contributed by atoms with Crippen molar-refractivity contribution in [2.75, 3.05) is 13.9 Å². The number of ether oxygens (including phenoxy) is 3. The van der Waals surface area contributed by atoms with Gasteiger partial charge in [-0.2, -0.15) is 5.10 Å². The average Bonchev–Trinajstić information content (AvgIpc) is 3.02. The van der Waals surface area contributed by atoms with Crippen LogP contribution in [0.3, 0.4) is 0 Å². The molecule has 0 atom stereocenters. The number of benzene rings is 2. The van der Waals surface area contributed by atoms with Crippen molar-refractivity contribution in [3.05, 3.63) is 53.6 Å². The number of carbonyl (C=O) groups excluding carboxylic acids is 1. The van der Waals surface area contributed by atoms with Crippen molar-refractivity contribution in [3.8, 4) is 17.2 Å². The van der Waals surface area contributed by atoms with E-state index in [9.17, 15) is 4.79 Å². The van der Waals surface area contributed by atoms with E-state index in [1.807, 2.05) is 24.3 Å². The van der Waals surface area contributed by atoms with Crippen LogP contribution in [-0.2, 0) is 0 Å². The molecular formula is C16H14N2O4. The van der Waals surface area contributed by atoms with Gasteiger partial charge in [-0.1, -0.05) is 12.1 Å². The Balaban J connectivity index is 1.68. The largest absolute Gasteiger partial charge is 0.496 e. The summed E-state index contributed by atoms with van der Waals surface area (Å²) in [7, 11) is 1.58. The molecule has 0 radical (unpaired) electrons. The van der Waals surface area contributed by atoms with Gasteiger partial charge in [-0.05, 0) is 30.3 Å². The van der Waals surface area contributed by atoms with Crippen LogP contribution in [0.4, 0.5) is 0 Å². The van der Waals surface area contributed by atoms with Gasteiger partial charge in [0.1, 0.15) is 5.75 Å². The Morgan fingerprint density at radius 1 is 1.23 bits per heavy atom. The van der Waals surface area contributed by atoms with Crippen LogP contribution in [0.1, 0.15) is 15.9 Å². The zero-order valence-electron chi connectivity index (χ0n) is 11.9. The summed E-state index contributed by atoms with van der Waals surface area (Å²) in [5.41, 5.74) is 3.69. The lowest BCUT2D eigenvalue weighted by atomic mass is 10.2. The lowest BCUT2D eigenvalue weighted by Crippen LogP contribution is -2.17. The van der Waals surface area contributed by atoms with Gasteiger partial charge in [0.25, 0.3) is 5.91 Å². The SMILES string of the molecule is COc1ccccc1/C=N\NC(=O)c1ccc2c(c1)OCO2. The molecule has 0 bridgehead atoms. The van der Waals surface area contributed by atoms with Crippen molar-refractivity contribution in [2.45, 2.75) is 0 Å². The third kappa shape index (κ3) is 2.85. The molecule has 6 heteroatoms. The Morgan fingerprint density at radius 3 is 2.91 bits per heavy atom. The Bertz CT molecular complexity index is 728. The maximum Gasteiger partial charge on any atom is 0.271 e. The fourth-order valence-electron chi connectivity index (χ4n) is 2.04. The van der Waals surface area contributed by atoms with Crippen molar-refractivity contribution in [1.82, 2.24) is 5.43 Å².